The molecule has 4 heteroatoms. The summed E-state index contributed by atoms with van der Waals surface area (Å²) in [5, 5.41) is 13.7. The lowest BCUT2D eigenvalue weighted by Gasteiger charge is -2.02. The summed E-state index contributed by atoms with van der Waals surface area (Å²) in [6.07, 6.45) is 3.96. The zero-order valence-corrected chi connectivity index (χ0v) is 9.02. The van der Waals surface area contributed by atoms with Crippen molar-refractivity contribution in [2.24, 2.45) is 0 Å². The second kappa shape index (κ2) is 7.48. The van der Waals surface area contributed by atoms with Crippen molar-refractivity contribution in [3.05, 3.63) is 42.1 Å². The molecular formula is C12H16N2O2. The van der Waals surface area contributed by atoms with Gasteiger partial charge in [-0.2, -0.15) is 0 Å². The first kappa shape index (κ1) is 12.3. The monoisotopic (exact) mass is 220 g/mol. The fourth-order valence-corrected chi connectivity index (χ4v) is 1.11. The molecule has 0 saturated heterocycles. The van der Waals surface area contributed by atoms with Crippen LogP contribution in [0.15, 0.2) is 36.5 Å². The van der Waals surface area contributed by atoms with Crippen LogP contribution in [-0.2, 0) is 0 Å². The lowest BCUT2D eigenvalue weighted by atomic mass is 10.2. The molecule has 1 rings (SSSR count). The molecule has 0 heterocycles. The SMILES string of the molecule is O=C(N/C=C/c1ccccc1)NCCCO. The fraction of sp³-hybridized carbons (Fsp3) is 0.250. The number of carbonyl (C=O) groups is 1. The van der Waals surface area contributed by atoms with Gasteiger partial charge < -0.3 is 15.7 Å². The lowest BCUT2D eigenvalue weighted by Crippen LogP contribution is -2.33. The molecule has 0 bridgehead atoms. The van der Waals surface area contributed by atoms with Crippen molar-refractivity contribution < 1.29 is 9.90 Å². The van der Waals surface area contributed by atoms with Gasteiger partial charge in [0.1, 0.15) is 0 Å². The number of hydrogen-bond acceptors (Lipinski definition) is 2. The average Bonchev–Trinajstić information content (AvgIpc) is 2.31. The van der Waals surface area contributed by atoms with Crippen molar-refractivity contribution in [1.82, 2.24) is 10.6 Å². The van der Waals surface area contributed by atoms with Crippen LogP contribution >= 0.6 is 0 Å². The average molecular weight is 220 g/mol. The molecule has 1 aromatic carbocycles. The van der Waals surface area contributed by atoms with Gasteiger partial charge in [0.05, 0.1) is 0 Å². The Morgan fingerprint density at radius 2 is 2.06 bits per heavy atom. The molecule has 0 unspecified atom stereocenters. The molecule has 16 heavy (non-hydrogen) atoms. The van der Waals surface area contributed by atoms with Gasteiger partial charge in [0, 0.05) is 19.4 Å². The Hall–Kier alpha value is -1.81. The topological polar surface area (TPSA) is 61.4 Å². The molecular weight excluding hydrogens is 204 g/mol. The van der Waals surface area contributed by atoms with Crippen LogP contribution < -0.4 is 10.6 Å². The third kappa shape index (κ3) is 5.17. The number of aliphatic hydroxyl groups is 1. The maximum absolute atomic E-state index is 11.2. The molecule has 86 valence electrons. The van der Waals surface area contributed by atoms with E-state index in [1.165, 1.54) is 0 Å². The Kier molecular flexibility index (Phi) is 5.73. The van der Waals surface area contributed by atoms with Gasteiger partial charge in [-0.05, 0) is 18.1 Å². The summed E-state index contributed by atoms with van der Waals surface area (Å²) >= 11 is 0. The third-order valence-corrected chi connectivity index (χ3v) is 1.91. The molecule has 1 aromatic rings. The Morgan fingerprint density at radius 1 is 1.31 bits per heavy atom. The number of benzene rings is 1. The second-order valence-corrected chi connectivity index (χ2v) is 3.22. The van der Waals surface area contributed by atoms with E-state index in [-0.39, 0.29) is 12.6 Å². The van der Waals surface area contributed by atoms with Crippen LogP contribution in [0, 0.1) is 0 Å². The van der Waals surface area contributed by atoms with E-state index in [1.54, 1.807) is 6.20 Å². The smallest absolute Gasteiger partial charge is 0.318 e. The highest BCUT2D eigenvalue weighted by atomic mass is 16.3. The minimum absolute atomic E-state index is 0.0835. The van der Waals surface area contributed by atoms with Crippen LogP contribution in [0.5, 0.6) is 0 Å². The molecule has 0 aromatic heterocycles. The van der Waals surface area contributed by atoms with Crippen molar-refractivity contribution in [1.29, 1.82) is 0 Å². The van der Waals surface area contributed by atoms with Crippen molar-refractivity contribution >= 4 is 12.1 Å². The predicted molar refractivity (Wildman–Crippen MR) is 63.7 cm³/mol. The van der Waals surface area contributed by atoms with Gasteiger partial charge in [-0.15, -0.1) is 0 Å². The summed E-state index contributed by atoms with van der Waals surface area (Å²) in [7, 11) is 0. The largest absolute Gasteiger partial charge is 0.396 e. The third-order valence-electron chi connectivity index (χ3n) is 1.91. The Bertz CT molecular complexity index is 336. The zero-order chi connectivity index (χ0) is 11.6. The van der Waals surface area contributed by atoms with Gasteiger partial charge in [0.15, 0.2) is 0 Å². The van der Waals surface area contributed by atoms with E-state index in [9.17, 15) is 4.79 Å². The molecule has 0 aliphatic carbocycles. The molecule has 0 fully saturated rings. The van der Waals surface area contributed by atoms with Crippen LogP contribution in [0.2, 0.25) is 0 Å². The number of carbonyl (C=O) groups excluding carboxylic acids is 1. The Morgan fingerprint density at radius 3 is 2.75 bits per heavy atom. The van der Waals surface area contributed by atoms with Crippen LogP contribution in [0.1, 0.15) is 12.0 Å². The number of aliphatic hydroxyl groups excluding tert-OH is 1. The lowest BCUT2D eigenvalue weighted by molar-refractivity contribution is 0.241. The van der Waals surface area contributed by atoms with Gasteiger partial charge in [-0.25, -0.2) is 4.79 Å². The quantitative estimate of drug-likeness (QED) is 0.656. The van der Waals surface area contributed by atoms with Crippen molar-refractivity contribution in [3.63, 3.8) is 0 Å². The zero-order valence-electron chi connectivity index (χ0n) is 9.02. The molecule has 0 aliphatic rings. The number of amides is 2. The van der Waals surface area contributed by atoms with E-state index in [2.05, 4.69) is 10.6 Å². The van der Waals surface area contributed by atoms with Crippen LogP contribution in [0.25, 0.3) is 6.08 Å². The van der Waals surface area contributed by atoms with Gasteiger partial charge in [0.2, 0.25) is 0 Å². The van der Waals surface area contributed by atoms with Gasteiger partial charge in [-0.1, -0.05) is 30.3 Å². The molecule has 3 N–H and O–H groups in total. The maximum atomic E-state index is 11.2. The summed E-state index contributed by atoms with van der Waals surface area (Å²) in [5.74, 6) is 0. The molecule has 0 spiro atoms. The van der Waals surface area contributed by atoms with Gasteiger partial charge in [-0.3, -0.25) is 0 Å². The maximum Gasteiger partial charge on any atom is 0.318 e. The van der Waals surface area contributed by atoms with Crippen molar-refractivity contribution in [3.8, 4) is 0 Å². The first-order chi connectivity index (χ1) is 7.83. The Labute approximate surface area is 95.0 Å². The van der Waals surface area contributed by atoms with E-state index in [0.717, 1.165) is 5.56 Å². The summed E-state index contributed by atoms with van der Waals surface area (Å²) in [6.45, 7) is 0.557. The van der Waals surface area contributed by atoms with Gasteiger partial charge >= 0.3 is 6.03 Å². The standard InChI is InChI=1S/C12H16N2O2/c15-10-4-8-13-12(16)14-9-7-11-5-2-1-3-6-11/h1-3,5-7,9,15H,4,8,10H2,(H2,13,14,16)/b9-7+. The first-order valence-corrected chi connectivity index (χ1v) is 5.20. The minimum atomic E-state index is -0.263. The predicted octanol–water partition coefficient (Wildman–Crippen LogP) is 1.34. The summed E-state index contributed by atoms with van der Waals surface area (Å²) in [5.41, 5.74) is 1.03. The van der Waals surface area contributed by atoms with Crippen molar-refractivity contribution in [2.45, 2.75) is 6.42 Å². The molecule has 0 saturated carbocycles. The first-order valence-electron chi connectivity index (χ1n) is 5.20. The normalized spacial score (nSPS) is 10.3. The molecule has 0 atom stereocenters. The minimum Gasteiger partial charge on any atom is -0.396 e. The summed E-state index contributed by atoms with van der Waals surface area (Å²) in [4.78, 5) is 11.2. The van der Waals surface area contributed by atoms with E-state index < -0.39 is 0 Å². The number of rotatable bonds is 5. The number of hydrogen-bond donors (Lipinski definition) is 3. The summed E-state index contributed by atoms with van der Waals surface area (Å²) < 4.78 is 0. The highest BCUT2D eigenvalue weighted by Crippen LogP contribution is 1.99. The van der Waals surface area contributed by atoms with Crippen LogP contribution in [-0.4, -0.2) is 24.3 Å². The second-order valence-electron chi connectivity index (χ2n) is 3.22. The Balaban J connectivity index is 2.24. The van der Waals surface area contributed by atoms with Crippen LogP contribution in [0.3, 0.4) is 0 Å². The van der Waals surface area contributed by atoms with E-state index in [0.29, 0.717) is 13.0 Å². The molecule has 0 aliphatic heterocycles. The van der Waals surface area contributed by atoms with E-state index >= 15 is 0 Å². The molecule has 2 amide bonds. The number of urea groups is 1. The van der Waals surface area contributed by atoms with E-state index in [1.807, 2.05) is 36.4 Å². The fourth-order valence-electron chi connectivity index (χ4n) is 1.11. The molecule has 4 nitrogen and oxygen atoms in total. The van der Waals surface area contributed by atoms with E-state index in [4.69, 9.17) is 5.11 Å². The van der Waals surface area contributed by atoms with Crippen LogP contribution in [0.4, 0.5) is 4.79 Å². The highest BCUT2D eigenvalue weighted by molar-refractivity contribution is 5.75. The van der Waals surface area contributed by atoms with Crippen molar-refractivity contribution in [2.75, 3.05) is 13.2 Å². The van der Waals surface area contributed by atoms with Gasteiger partial charge in [0.25, 0.3) is 0 Å². The molecule has 0 radical (unpaired) electrons. The summed E-state index contributed by atoms with van der Waals surface area (Å²) in [6, 6.07) is 9.43. The highest BCUT2D eigenvalue weighted by Gasteiger charge is 1.94. The number of nitrogens with one attached hydrogen (secondary N) is 2.